The molecule has 0 fully saturated rings. The second kappa shape index (κ2) is 9.86. The van der Waals surface area contributed by atoms with E-state index in [9.17, 15) is 19.2 Å². The fraction of sp³-hybridized carbons (Fsp3) is 0.200. The third-order valence-corrected chi connectivity index (χ3v) is 3.77. The molecule has 0 aliphatic carbocycles. The first kappa shape index (κ1) is 20.6. The number of rotatable bonds is 8. The van der Waals surface area contributed by atoms with Gasteiger partial charge in [0, 0.05) is 18.2 Å². The zero-order chi connectivity index (χ0) is 20.5. The molecule has 8 heteroatoms. The third-order valence-electron chi connectivity index (χ3n) is 3.77. The monoisotopic (exact) mass is 383 g/mol. The Bertz CT molecular complexity index is 850. The van der Waals surface area contributed by atoms with Crippen LogP contribution in [-0.2, 0) is 19.1 Å². The van der Waals surface area contributed by atoms with Gasteiger partial charge in [-0.3, -0.25) is 19.2 Å². The Morgan fingerprint density at radius 1 is 1.00 bits per heavy atom. The van der Waals surface area contributed by atoms with Crippen LogP contribution in [0, 0.1) is 0 Å². The van der Waals surface area contributed by atoms with Crippen molar-refractivity contribution >= 4 is 29.4 Å². The van der Waals surface area contributed by atoms with Crippen LogP contribution in [0.1, 0.15) is 35.3 Å². The van der Waals surface area contributed by atoms with Crippen molar-refractivity contribution in [2.24, 2.45) is 5.73 Å². The molecule has 0 spiro atoms. The molecule has 0 heterocycles. The molecule has 0 aromatic heterocycles. The summed E-state index contributed by atoms with van der Waals surface area (Å²) in [6.07, 6.45) is -0.107. The average molecular weight is 383 g/mol. The van der Waals surface area contributed by atoms with E-state index in [0.717, 1.165) is 5.56 Å². The van der Waals surface area contributed by atoms with E-state index < -0.39 is 30.4 Å². The molecule has 2 aromatic rings. The van der Waals surface area contributed by atoms with Gasteiger partial charge in [-0.05, 0) is 29.8 Å². The number of nitrogens with one attached hydrogen (secondary N) is 2. The SMILES string of the molecule is CC(=O)N[C@@H](CC(=O)OCC(=O)Nc1ccc(C(N)=O)cc1)c1ccccc1. The van der Waals surface area contributed by atoms with E-state index in [1.165, 1.54) is 31.2 Å². The summed E-state index contributed by atoms with van der Waals surface area (Å²) >= 11 is 0. The summed E-state index contributed by atoms with van der Waals surface area (Å²) in [6.45, 7) is 0.885. The predicted octanol–water partition coefficient (Wildman–Crippen LogP) is 1.53. The summed E-state index contributed by atoms with van der Waals surface area (Å²) in [7, 11) is 0. The van der Waals surface area contributed by atoms with Crippen molar-refractivity contribution in [1.29, 1.82) is 0 Å². The number of hydrogen-bond donors (Lipinski definition) is 3. The number of benzene rings is 2. The minimum atomic E-state index is -0.623. The van der Waals surface area contributed by atoms with E-state index in [4.69, 9.17) is 10.5 Å². The molecule has 8 nitrogen and oxygen atoms in total. The van der Waals surface area contributed by atoms with Crippen molar-refractivity contribution in [3.05, 3.63) is 65.7 Å². The minimum absolute atomic E-state index is 0.107. The fourth-order valence-electron chi connectivity index (χ4n) is 2.47. The summed E-state index contributed by atoms with van der Waals surface area (Å²) in [5, 5.41) is 5.23. The molecule has 28 heavy (non-hydrogen) atoms. The van der Waals surface area contributed by atoms with Gasteiger partial charge in [0.05, 0.1) is 12.5 Å². The van der Waals surface area contributed by atoms with Gasteiger partial charge < -0.3 is 21.1 Å². The van der Waals surface area contributed by atoms with Crippen LogP contribution in [0.25, 0.3) is 0 Å². The van der Waals surface area contributed by atoms with Gasteiger partial charge in [-0.15, -0.1) is 0 Å². The highest BCUT2D eigenvalue weighted by Crippen LogP contribution is 2.17. The van der Waals surface area contributed by atoms with Gasteiger partial charge in [0.1, 0.15) is 0 Å². The molecule has 0 aliphatic rings. The van der Waals surface area contributed by atoms with Crippen LogP contribution >= 0.6 is 0 Å². The van der Waals surface area contributed by atoms with Crippen LogP contribution in [-0.4, -0.2) is 30.3 Å². The third kappa shape index (κ3) is 6.56. The average Bonchev–Trinajstić information content (AvgIpc) is 2.66. The van der Waals surface area contributed by atoms with Gasteiger partial charge in [0.15, 0.2) is 6.61 Å². The van der Waals surface area contributed by atoms with Crippen molar-refractivity contribution in [3.8, 4) is 0 Å². The lowest BCUT2D eigenvalue weighted by molar-refractivity contribution is -0.148. The van der Waals surface area contributed by atoms with Crippen LogP contribution in [0.2, 0.25) is 0 Å². The number of hydrogen-bond acceptors (Lipinski definition) is 5. The quantitative estimate of drug-likeness (QED) is 0.596. The van der Waals surface area contributed by atoms with E-state index in [1.54, 1.807) is 24.3 Å². The van der Waals surface area contributed by atoms with Gasteiger partial charge in [-0.2, -0.15) is 0 Å². The topological polar surface area (TPSA) is 128 Å². The first-order valence-corrected chi connectivity index (χ1v) is 8.52. The van der Waals surface area contributed by atoms with Gasteiger partial charge in [0.25, 0.3) is 5.91 Å². The Kier molecular flexibility index (Phi) is 7.27. The Morgan fingerprint density at radius 3 is 2.21 bits per heavy atom. The minimum Gasteiger partial charge on any atom is -0.455 e. The zero-order valence-corrected chi connectivity index (χ0v) is 15.3. The standard InChI is InChI=1S/C20H21N3O5/c1-13(24)22-17(14-5-3-2-4-6-14)11-19(26)28-12-18(25)23-16-9-7-15(8-10-16)20(21)27/h2-10,17H,11-12H2,1H3,(H2,21,27)(H,22,24)(H,23,25)/t17-/m0/s1. The van der Waals surface area contributed by atoms with Crippen LogP contribution in [0.5, 0.6) is 0 Å². The van der Waals surface area contributed by atoms with E-state index >= 15 is 0 Å². The van der Waals surface area contributed by atoms with Crippen molar-refractivity contribution in [1.82, 2.24) is 5.32 Å². The van der Waals surface area contributed by atoms with Crippen molar-refractivity contribution in [2.75, 3.05) is 11.9 Å². The van der Waals surface area contributed by atoms with Crippen molar-refractivity contribution < 1.29 is 23.9 Å². The molecule has 146 valence electrons. The Labute approximate surface area is 162 Å². The van der Waals surface area contributed by atoms with Gasteiger partial charge in [-0.1, -0.05) is 30.3 Å². The number of anilines is 1. The van der Waals surface area contributed by atoms with E-state index in [2.05, 4.69) is 10.6 Å². The molecule has 2 aromatic carbocycles. The van der Waals surface area contributed by atoms with E-state index in [-0.39, 0.29) is 12.3 Å². The molecular formula is C20H21N3O5. The van der Waals surface area contributed by atoms with Gasteiger partial charge >= 0.3 is 5.97 Å². The van der Waals surface area contributed by atoms with Crippen molar-refractivity contribution in [3.63, 3.8) is 0 Å². The molecule has 3 amide bonds. The first-order chi connectivity index (χ1) is 13.3. The molecule has 0 radical (unpaired) electrons. The van der Waals surface area contributed by atoms with Crippen LogP contribution in [0.15, 0.2) is 54.6 Å². The lowest BCUT2D eigenvalue weighted by atomic mass is 10.0. The fourth-order valence-corrected chi connectivity index (χ4v) is 2.47. The summed E-state index contributed by atoms with van der Waals surface area (Å²) in [6, 6.07) is 14.4. The second-order valence-corrected chi connectivity index (χ2v) is 6.02. The highest BCUT2D eigenvalue weighted by molar-refractivity contribution is 5.95. The second-order valence-electron chi connectivity index (χ2n) is 6.02. The molecule has 1 atom stereocenters. The maximum Gasteiger partial charge on any atom is 0.308 e. The predicted molar refractivity (Wildman–Crippen MR) is 102 cm³/mol. The smallest absolute Gasteiger partial charge is 0.308 e. The number of carbonyl (C=O) groups is 4. The Morgan fingerprint density at radius 2 is 1.64 bits per heavy atom. The molecule has 0 bridgehead atoms. The summed E-state index contributed by atoms with van der Waals surface area (Å²) in [5.74, 6) is -2.00. The molecule has 0 saturated carbocycles. The summed E-state index contributed by atoms with van der Waals surface area (Å²) in [4.78, 5) is 46.4. The number of ether oxygens (including phenoxy) is 1. The number of esters is 1. The van der Waals surface area contributed by atoms with Crippen LogP contribution < -0.4 is 16.4 Å². The molecular weight excluding hydrogens is 362 g/mol. The maximum atomic E-state index is 12.1. The zero-order valence-electron chi connectivity index (χ0n) is 15.3. The summed E-state index contributed by atoms with van der Waals surface area (Å²) < 4.78 is 5.00. The highest BCUT2D eigenvalue weighted by atomic mass is 16.5. The van der Waals surface area contributed by atoms with Gasteiger partial charge in [0.2, 0.25) is 11.8 Å². The van der Waals surface area contributed by atoms with E-state index in [1.807, 2.05) is 6.07 Å². The number of amides is 3. The molecule has 0 saturated heterocycles. The molecule has 2 rings (SSSR count). The normalized spacial score (nSPS) is 11.2. The van der Waals surface area contributed by atoms with Crippen LogP contribution in [0.3, 0.4) is 0 Å². The van der Waals surface area contributed by atoms with Crippen LogP contribution in [0.4, 0.5) is 5.69 Å². The highest BCUT2D eigenvalue weighted by Gasteiger charge is 2.18. The molecule has 0 unspecified atom stereocenters. The lowest BCUT2D eigenvalue weighted by Crippen LogP contribution is -2.29. The maximum absolute atomic E-state index is 12.1. The first-order valence-electron chi connectivity index (χ1n) is 8.52. The number of primary amides is 1. The largest absolute Gasteiger partial charge is 0.455 e. The number of nitrogens with two attached hydrogens (primary N) is 1. The Balaban J connectivity index is 1.86. The molecule has 4 N–H and O–H groups in total. The number of carbonyl (C=O) groups excluding carboxylic acids is 4. The summed E-state index contributed by atoms with van der Waals surface area (Å²) in [5.41, 5.74) is 6.66. The van der Waals surface area contributed by atoms with Gasteiger partial charge in [-0.25, -0.2) is 0 Å². The van der Waals surface area contributed by atoms with E-state index in [0.29, 0.717) is 11.3 Å². The lowest BCUT2D eigenvalue weighted by Gasteiger charge is -2.17. The Hall–Kier alpha value is -3.68. The van der Waals surface area contributed by atoms with Crippen molar-refractivity contribution in [2.45, 2.75) is 19.4 Å². The molecule has 0 aliphatic heterocycles.